The van der Waals surface area contributed by atoms with Crippen LogP contribution in [0.4, 0.5) is 0 Å². The first kappa shape index (κ1) is 17.3. The first-order valence-electron chi connectivity index (χ1n) is 9.14. The van der Waals surface area contributed by atoms with E-state index in [0.29, 0.717) is 24.3 Å². The summed E-state index contributed by atoms with van der Waals surface area (Å²) < 4.78 is 7.41. The molecule has 4 aromatic rings. The zero-order chi connectivity index (χ0) is 19.1. The van der Waals surface area contributed by atoms with E-state index in [9.17, 15) is 9.90 Å². The van der Waals surface area contributed by atoms with Crippen molar-refractivity contribution in [2.24, 2.45) is 0 Å². The predicted octanol–water partition coefficient (Wildman–Crippen LogP) is 3.89. The van der Waals surface area contributed by atoms with Gasteiger partial charge in [-0.15, -0.1) is 11.3 Å². The molecule has 140 valence electrons. The number of carbonyl (C=O) groups is 1. The van der Waals surface area contributed by atoms with Crippen molar-refractivity contribution in [3.63, 3.8) is 0 Å². The maximum atomic E-state index is 12.9. The number of hydrogen-bond donors (Lipinski definition) is 1. The minimum absolute atomic E-state index is 0.0214. The fourth-order valence-electron chi connectivity index (χ4n) is 3.72. The van der Waals surface area contributed by atoms with Gasteiger partial charge in [0.1, 0.15) is 5.69 Å². The largest absolute Gasteiger partial charge is 0.389 e. The Morgan fingerprint density at radius 3 is 2.68 bits per heavy atom. The number of thiophene rings is 1. The third-order valence-electron chi connectivity index (χ3n) is 4.97. The van der Waals surface area contributed by atoms with Gasteiger partial charge in [-0.05, 0) is 17.5 Å². The average Bonchev–Trinajstić information content (AvgIpc) is 3.35. The molecule has 0 amide bonds. The van der Waals surface area contributed by atoms with Gasteiger partial charge in [-0.1, -0.05) is 42.5 Å². The van der Waals surface area contributed by atoms with Crippen LogP contribution < -0.4 is 0 Å². The lowest BCUT2D eigenvalue weighted by atomic mass is 9.87. The number of aromatic nitrogens is 2. The molecule has 1 atom stereocenters. The van der Waals surface area contributed by atoms with E-state index in [1.54, 1.807) is 16.0 Å². The Bertz CT molecular complexity index is 1160. The van der Waals surface area contributed by atoms with Crippen LogP contribution in [0.15, 0.2) is 60.0 Å². The number of nitrogens with zero attached hydrogens (tertiary/aromatic N) is 2. The Balaban J connectivity index is 1.44. The fraction of sp³-hybridized carbons (Fsp3) is 0.182. The number of ketones is 1. The van der Waals surface area contributed by atoms with Gasteiger partial charge in [0.15, 0.2) is 5.78 Å². The predicted molar refractivity (Wildman–Crippen MR) is 109 cm³/mol. The molecule has 1 aliphatic carbocycles. The Kier molecular flexibility index (Phi) is 4.31. The Morgan fingerprint density at radius 2 is 1.86 bits per heavy atom. The number of carbonyl (C=O) groups excluding carboxylic acids is 1. The molecule has 28 heavy (non-hydrogen) atoms. The van der Waals surface area contributed by atoms with Gasteiger partial charge in [0.2, 0.25) is 0 Å². The summed E-state index contributed by atoms with van der Waals surface area (Å²) >= 11 is 1.63. The van der Waals surface area contributed by atoms with Gasteiger partial charge in [0.05, 0.1) is 31.4 Å². The van der Waals surface area contributed by atoms with Gasteiger partial charge in [-0.25, -0.2) is 0 Å². The number of aliphatic hydroxyl groups is 1. The summed E-state index contributed by atoms with van der Waals surface area (Å²) in [6.07, 6.45) is -0.689. The van der Waals surface area contributed by atoms with Crippen LogP contribution in [0.2, 0.25) is 0 Å². The van der Waals surface area contributed by atoms with Crippen molar-refractivity contribution in [2.75, 3.05) is 6.61 Å². The number of fused-ring (bicyclic) bond motifs is 2. The molecule has 0 aliphatic heterocycles. The lowest BCUT2D eigenvalue weighted by Crippen LogP contribution is -2.22. The van der Waals surface area contributed by atoms with E-state index in [1.165, 1.54) is 0 Å². The van der Waals surface area contributed by atoms with Crippen molar-refractivity contribution < 1.29 is 14.6 Å². The second kappa shape index (κ2) is 6.98. The van der Waals surface area contributed by atoms with Crippen LogP contribution >= 0.6 is 11.3 Å². The molecular weight excluding hydrogens is 372 g/mol. The lowest BCUT2D eigenvalue weighted by molar-refractivity contribution is 0.0203. The van der Waals surface area contributed by atoms with E-state index < -0.39 is 6.10 Å². The molecule has 1 aliphatic rings. The summed E-state index contributed by atoms with van der Waals surface area (Å²) in [7, 11) is 0. The van der Waals surface area contributed by atoms with Gasteiger partial charge in [0.25, 0.3) is 0 Å². The summed E-state index contributed by atoms with van der Waals surface area (Å²) in [5.41, 5.74) is 3.84. The smallest absolute Gasteiger partial charge is 0.194 e. The van der Waals surface area contributed by atoms with Gasteiger partial charge < -0.3 is 9.84 Å². The molecule has 0 spiro atoms. The van der Waals surface area contributed by atoms with Crippen molar-refractivity contribution in [3.8, 4) is 11.3 Å². The van der Waals surface area contributed by atoms with Crippen LogP contribution in [0, 0.1) is 0 Å². The summed E-state index contributed by atoms with van der Waals surface area (Å²) in [5.74, 6) is 0.0214. The second-order valence-corrected chi connectivity index (χ2v) is 7.89. The first-order valence-corrected chi connectivity index (χ1v) is 10.0. The minimum Gasteiger partial charge on any atom is -0.389 e. The van der Waals surface area contributed by atoms with Gasteiger partial charge >= 0.3 is 0 Å². The monoisotopic (exact) mass is 390 g/mol. The highest BCUT2D eigenvalue weighted by Gasteiger charge is 2.28. The number of hydrogen-bond acceptors (Lipinski definition) is 5. The number of rotatable bonds is 6. The van der Waals surface area contributed by atoms with E-state index in [2.05, 4.69) is 0 Å². The summed E-state index contributed by atoms with van der Waals surface area (Å²) in [4.78, 5) is 14.0. The van der Waals surface area contributed by atoms with Crippen LogP contribution in [0.1, 0.15) is 20.8 Å². The summed E-state index contributed by atoms with van der Waals surface area (Å²) in [5, 5.41) is 18.1. The van der Waals surface area contributed by atoms with E-state index >= 15 is 0 Å². The SMILES string of the molecule is O=C1c2ccccc2-c2nn(CC(O)COCc3cccs3)c3cccc1c23. The quantitative estimate of drug-likeness (QED) is 0.478. The van der Waals surface area contributed by atoms with Crippen molar-refractivity contribution in [1.82, 2.24) is 9.78 Å². The Morgan fingerprint density at radius 1 is 1.04 bits per heavy atom. The molecule has 0 radical (unpaired) electrons. The Labute approximate surface area is 165 Å². The molecule has 0 bridgehead atoms. The topological polar surface area (TPSA) is 64.4 Å². The highest BCUT2D eigenvalue weighted by atomic mass is 32.1. The van der Waals surface area contributed by atoms with Gasteiger partial charge in [-0.2, -0.15) is 5.10 Å². The molecular formula is C22H18N2O3S. The zero-order valence-corrected chi connectivity index (χ0v) is 15.9. The van der Waals surface area contributed by atoms with Crippen LogP contribution in [0.5, 0.6) is 0 Å². The fourth-order valence-corrected chi connectivity index (χ4v) is 4.36. The molecule has 2 aromatic carbocycles. The molecule has 1 N–H and O–H groups in total. The van der Waals surface area contributed by atoms with Crippen LogP contribution in [-0.2, 0) is 17.9 Å². The minimum atomic E-state index is -0.689. The highest BCUT2D eigenvalue weighted by molar-refractivity contribution is 7.09. The van der Waals surface area contributed by atoms with Crippen molar-refractivity contribution in [2.45, 2.75) is 19.3 Å². The number of ether oxygens (including phenoxy) is 1. The second-order valence-electron chi connectivity index (χ2n) is 6.85. The van der Waals surface area contributed by atoms with Crippen molar-refractivity contribution in [3.05, 3.63) is 76.0 Å². The molecule has 5 rings (SSSR count). The zero-order valence-electron chi connectivity index (χ0n) is 15.0. The average molecular weight is 390 g/mol. The molecule has 5 nitrogen and oxygen atoms in total. The maximum absolute atomic E-state index is 12.9. The lowest BCUT2D eigenvalue weighted by Gasteiger charge is -2.13. The number of benzene rings is 2. The Hall–Kier alpha value is -2.80. The summed E-state index contributed by atoms with van der Waals surface area (Å²) in [6.45, 7) is 1.02. The van der Waals surface area contributed by atoms with E-state index in [0.717, 1.165) is 27.0 Å². The maximum Gasteiger partial charge on any atom is 0.194 e. The van der Waals surface area contributed by atoms with Crippen LogP contribution in [0.25, 0.3) is 22.2 Å². The van der Waals surface area contributed by atoms with Crippen LogP contribution in [0.3, 0.4) is 0 Å². The molecule has 6 heteroatoms. The first-order chi connectivity index (χ1) is 13.7. The molecule has 2 heterocycles. The third-order valence-corrected chi connectivity index (χ3v) is 5.82. The van der Waals surface area contributed by atoms with E-state index in [4.69, 9.17) is 9.84 Å². The number of aliphatic hydroxyl groups excluding tert-OH is 1. The van der Waals surface area contributed by atoms with E-state index in [-0.39, 0.29) is 12.4 Å². The van der Waals surface area contributed by atoms with Gasteiger partial charge in [0, 0.05) is 27.0 Å². The molecule has 2 aromatic heterocycles. The van der Waals surface area contributed by atoms with Crippen molar-refractivity contribution in [1.29, 1.82) is 0 Å². The molecule has 0 fully saturated rings. The third kappa shape index (κ3) is 2.86. The van der Waals surface area contributed by atoms with Gasteiger partial charge in [-0.3, -0.25) is 9.48 Å². The molecule has 1 unspecified atom stereocenters. The standard InChI is InChI=1S/C22H18N2O3S/c25-14(12-27-13-15-5-4-10-28-15)11-24-19-9-3-8-18-20(19)21(23-24)16-6-1-2-7-17(16)22(18)26/h1-10,14,25H,11-13H2. The molecule has 0 saturated heterocycles. The van der Waals surface area contributed by atoms with E-state index in [1.807, 2.05) is 60.0 Å². The van der Waals surface area contributed by atoms with Crippen molar-refractivity contribution >= 4 is 28.0 Å². The molecule has 0 saturated carbocycles. The normalized spacial score (nSPS) is 13.7. The van der Waals surface area contributed by atoms with Crippen LogP contribution in [-0.4, -0.2) is 33.4 Å². The summed E-state index contributed by atoms with van der Waals surface area (Å²) in [6, 6.07) is 17.2. The highest BCUT2D eigenvalue weighted by Crippen LogP contribution is 2.38.